The average molecular weight is 556 g/mol. The van der Waals surface area contributed by atoms with Gasteiger partial charge in [-0.05, 0) is 70.4 Å². The van der Waals surface area contributed by atoms with E-state index in [-0.39, 0.29) is 0 Å². The molecule has 9 rings (SSSR count). The molecule has 0 unspecified atom stereocenters. The van der Waals surface area contributed by atoms with Crippen molar-refractivity contribution in [1.29, 1.82) is 0 Å². The number of hydrogen-bond donors (Lipinski definition) is 1. The highest BCUT2D eigenvalue weighted by Gasteiger charge is 2.23. The van der Waals surface area contributed by atoms with Gasteiger partial charge in [-0.15, -0.1) is 0 Å². The monoisotopic (exact) mass is 555 g/mol. The van der Waals surface area contributed by atoms with Crippen LogP contribution in [-0.2, 0) is 0 Å². The zero-order valence-corrected chi connectivity index (χ0v) is 23.1. The summed E-state index contributed by atoms with van der Waals surface area (Å²) >= 11 is 0. The van der Waals surface area contributed by atoms with Crippen LogP contribution in [-0.4, -0.2) is 11.5 Å². The Morgan fingerprint density at radius 3 is 2.49 bits per heavy atom. The minimum absolute atomic E-state index is 0.636. The van der Waals surface area contributed by atoms with E-state index in [0.717, 1.165) is 62.4 Å². The van der Waals surface area contributed by atoms with Crippen LogP contribution in [0.25, 0.3) is 61.0 Å². The molecule has 0 saturated heterocycles. The van der Waals surface area contributed by atoms with Gasteiger partial charge in [-0.3, -0.25) is 0 Å². The van der Waals surface area contributed by atoms with E-state index in [2.05, 4.69) is 130 Å². The van der Waals surface area contributed by atoms with E-state index in [4.69, 9.17) is 8.83 Å². The van der Waals surface area contributed by atoms with Crippen molar-refractivity contribution in [3.05, 3.63) is 133 Å². The van der Waals surface area contributed by atoms with Crippen molar-refractivity contribution in [3.63, 3.8) is 0 Å². The van der Waals surface area contributed by atoms with Crippen molar-refractivity contribution in [3.8, 4) is 11.1 Å². The maximum atomic E-state index is 6.56. The molecule has 204 valence electrons. The lowest BCUT2D eigenvalue weighted by Crippen LogP contribution is -2.10. The number of nitrogens with one attached hydrogen (secondary N) is 1. The SMILES string of the molecule is C1=Cc2c(oc3c(N(c4cc(-c5ccccc5)c5ccccc5c4)c4ccc5oc6ncccc6c5c4)cccc23)NC1. The Balaban J connectivity index is 1.36. The minimum atomic E-state index is 0.636. The van der Waals surface area contributed by atoms with Crippen molar-refractivity contribution < 1.29 is 8.83 Å². The Hall–Kier alpha value is -5.81. The predicted molar refractivity (Wildman–Crippen MR) is 176 cm³/mol. The van der Waals surface area contributed by atoms with Gasteiger partial charge in [-0.25, -0.2) is 4.98 Å². The van der Waals surface area contributed by atoms with Crippen LogP contribution in [0, 0.1) is 0 Å². The predicted octanol–water partition coefficient (Wildman–Crippen LogP) is 10.5. The second kappa shape index (κ2) is 9.36. The molecule has 5 nitrogen and oxygen atoms in total. The van der Waals surface area contributed by atoms with Crippen LogP contribution in [0.5, 0.6) is 0 Å². The molecule has 0 aliphatic carbocycles. The summed E-state index contributed by atoms with van der Waals surface area (Å²) in [6.07, 6.45) is 6.04. The van der Waals surface area contributed by atoms with E-state index < -0.39 is 0 Å². The molecule has 0 bridgehead atoms. The number of hydrogen-bond acceptors (Lipinski definition) is 5. The van der Waals surface area contributed by atoms with Crippen LogP contribution >= 0.6 is 0 Å². The molecule has 5 aromatic carbocycles. The molecule has 0 atom stereocenters. The molecule has 0 fully saturated rings. The van der Waals surface area contributed by atoms with Crippen molar-refractivity contribution in [1.82, 2.24) is 4.98 Å². The molecule has 3 aromatic heterocycles. The van der Waals surface area contributed by atoms with Crippen LogP contribution in [0.1, 0.15) is 5.56 Å². The summed E-state index contributed by atoms with van der Waals surface area (Å²) in [5.74, 6) is 0.802. The first-order valence-electron chi connectivity index (χ1n) is 14.4. The maximum Gasteiger partial charge on any atom is 0.227 e. The van der Waals surface area contributed by atoms with Crippen LogP contribution in [0.15, 0.2) is 136 Å². The number of rotatable bonds is 4. The third-order valence-electron chi connectivity index (χ3n) is 8.32. The van der Waals surface area contributed by atoms with Crippen LogP contribution in [0.2, 0.25) is 0 Å². The smallest absolute Gasteiger partial charge is 0.227 e. The van der Waals surface area contributed by atoms with Crippen LogP contribution in [0.3, 0.4) is 0 Å². The number of para-hydroxylation sites is 1. The third kappa shape index (κ3) is 3.75. The summed E-state index contributed by atoms with van der Waals surface area (Å²) in [6, 6.07) is 40.5. The fourth-order valence-corrected chi connectivity index (χ4v) is 6.37. The van der Waals surface area contributed by atoms with E-state index in [1.54, 1.807) is 6.20 Å². The van der Waals surface area contributed by atoms with Crippen LogP contribution in [0.4, 0.5) is 22.9 Å². The van der Waals surface area contributed by atoms with Gasteiger partial charge in [0.25, 0.3) is 0 Å². The fourth-order valence-electron chi connectivity index (χ4n) is 6.37. The lowest BCUT2D eigenvalue weighted by atomic mass is 9.96. The molecule has 0 spiro atoms. The minimum Gasteiger partial charge on any atom is -0.438 e. The number of fused-ring (bicyclic) bond motifs is 7. The number of pyridine rings is 1. The molecule has 43 heavy (non-hydrogen) atoms. The summed E-state index contributed by atoms with van der Waals surface area (Å²) in [5, 5.41) is 8.86. The van der Waals surface area contributed by atoms with Gasteiger partial charge in [-0.1, -0.05) is 78.9 Å². The third-order valence-corrected chi connectivity index (χ3v) is 8.32. The normalized spacial score (nSPS) is 12.7. The Morgan fingerprint density at radius 1 is 0.674 bits per heavy atom. The Bertz CT molecular complexity index is 2360. The van der Waals surface area contributed by atoms with E-state index in [1.807, 2.05) is 12.1 Å². The molecule has 1 N–H and O–H groups in total. The second-order valence-corrected chi connectivity index (χ2v) is 10.8. The summed E-state index contributed by atoms with van der Waals surface area (Å²) in [6.45, 7) is 0.745. The van der Waals surface area contributed by atoms with Crippen molar-refractivity contribution in [2.24, 2.45) is 0 Å². The Morgan fingerprint density at radius 2 is 1.53 bits per heavy atom. The van der Waals surface area contributed by atoms with Crippen LogP contribution < -0.4 is 10.2 Å². The first kappa shape index (κ1) is 23.9. The van der Waals surface area contributed by atoms with Gasteiger partial charge in [0.15, 0.2) is 5.58 Å². The van der Waals surface area contributed by atoms with Gasteiger partial charge in [0.2, 0.25) is 11.6 Å². The lowest BCUT2D eigenvalue weighted by molar-refractivity contribution is 0.628. The largest absolute Gasteiger partial charge is 0.438 e. The van der Waals surface area contributed by atoms with Crippen molar-refractivity contribution in [2.75, 3.05) is 16.8 Å². The summed E-state index contributed by atoms with van der Waals surface area (Å²) in [7, 11) is 0. The van der Waals surface area contributed by atoms with E-state index in [0.29, 0.717) is 5.71 Å². The van der Waals surface area contributed by atoms with Gasteiger partial charge in [0, 0.05) is 45.8 Å². The topological polar surface area (TPSA) is 54.4 Å². The standard InChI is InChI=1S/C38H25N3O2/c1-2-9-24(10-3-1)32-23-27(21-25-11-4-5-12-28(25)32)41(26-17-18-35-33(22-26)31-15-8-19-39-37(31)42-35)34-16-6-13-29-30-14-7-20-40-38(30)43-36(29)34/h1-19,21-23,40H,20H2. The van der Waals surface area contributed by atoms with E-state index >= 15 is 0 Å². The number of nitrogens with zero attached hydrogens (tertiary/aromatic N) is 2. The van der Waals surface area contributed by atoms with Crippen molar-refractivity contribution >= 4 is 72.8 Å². The van der Waals surface area contributed by atoms with Gasteiger partial charge in [0.1, 0.15) is 5.58 Å². The highest BCUT2D eigenvalue weighted by Crippen LogP contribution is 2.46. The van der Waals surface area contributed by atoms with Gasteiger partial charge >= 0.3 is 0 Å². The van der Waals surface area contributed by atoms with E-state index in [9.17, 15) is 0 Å². The van der Waals surface area contributed by atoms with E-state index in [1.165, 1.54) is 21.9 Å². The maximum absolute atomic E-state index is 6.56. The highest BCUT2D eigenvalue weighted by atomic mass is 16.4. The number of benzene rings is 5. The van der Waals surface area contributed by atoms with Crippen molar-refractivity contribution in [2.45, 2.75) is 0 Å². The van der Waals surface area contributed by atoms with Gasteiger partial charge in [0.05, 0.1) is 5.69 Å². The summed E-state index contributed by atoms with van der Waals surface area (Å²) in [4.78, 5) is 6.76. The number of furan rings is 2. The molecule has 4 heterocycles. The molecule has 0 saturated carbocycles. The molecule has 8 aromatic rings. The molecule has 1 aliphatic heterocycles. The fraction of sp³-hybridized carbons (Fsp3) is 0.0263. The Labute approximate surface area is 247 Å². The first-order chi connectivity index (χ1) is 21.3. The molecule has 1 aliphatic rings. The van der Waals surface area contributed by atoms with Gasteiger partial charge < -0.3 is 19.1 Å². The second-order valence-electron chi connectivity index (χ2n) is 10.8. The molecule has 5 heteroatoms. The molecular weight excluding hydrogens is 530 g/mol. The quantitative estimate of drug-likeness (QED) is 0.234. The molecule has 0 amide bonds. The number of anilines is 4. The summed E-state index contributed by atoms with van der Waals surface area (Å²) < 4.78 is 12.7. The lowest BCUT2D eigenvalue weighted by Gasteiger charge is -2.27. The summed E-state index contributed by atoms with van der Waals surface area (Å²) in [5.41, 5.74) is 8.69. The molecule has 0 radical (unpaired) electrons. The van der Waals surface area contributed by atoms with Gasteiger partial charge in [-0.2, -0.15) is 0 Å². The zero-order chi connectivity index (χ0) is 28.3. The highest BCUT2D eigenvalue weighted by molar-refractivity contribution is 6.08. The zero-order valence-electron chi connectivity index (χ0n) is 23.1. The molecular formula is C38H25N3O2. The first-order valence-corrected chi connectivity index (χ1v) is 14.4. The number of aromatic nitrogens is 1. The average Bonchev–Trinajstić information content (AvgIpc) is 3.64. The Kier molecular flexibility index (Phi) is 5.19.